The van der Waals surface area contributed by atoms with E-state index in [0.717, 1.165) is 30.1 Å². The first-order valence-corrected chi connectivity index (χ1v) is 11.8. The zero-order chi connectivity index (χ0) is 23.8. The van der Waals surface area contributed by atoms with Crippen LogP contribution in [0.25, 0.3) is 0 Å². The van der Waals surface area contributed by atoms with Crippen LogP contribution in [0.4, 0.5) is 11.4 Å². The summed E-state index contributed by atoms with van der Waals surface area (Å²) in [7, 11) is 0. The highest BCUT2D eigenvalue weighted by molar-refractivity contribution is 6.30. The van der Waals surface area contributed by atoms with Gasteiger partial charge in [0.25, 0.3) is 0 Å². The number of anilines is 2. The van der Waals surface area contributed by atoms with Crippen molar-refractivity contribution >= 4 is 34.8 Å². The number of rotatable bonds is 8. The lowest BCUT2D eigenvalue weighted by atomic mass is 10.2. The summed E-state index contributed by atoms with van der Waals surface area (Å²) in [4.78, 5) is 29.0. The number of nitrogens with zero attached hydrogens (tertiary/aromatic N) is 2. The number of benzene rings is 3. The SMILES string of the molecule is O=C(CCC(=O)N1CCN(c2cccc(Cl)c2)CC1)Nc1ccc(OCc2ccccc2)cc1. The molecule has 1 N–H and O–H groups in total. The quantitative estimate of drug-likeness (QED) is 0.496. The van der Waals surface area contributed by atoms with Gasteiger partial charge < -0.3 is 19.9 Å². The molecule has 0 aromatic heterocycles. The van der Waals surface area contributed by atoms with Crippen molar-refractivity contribution in [3.63, 3.8) is 0 Å². The zero-order valence-electron chi connectivity index (χ0n) is 19.0. The highest BCUT2D eigenvalue weighted by atomic mass is 35.5. The van der Waals surface area contributed by atoms with E-state index in [2.05, 4.69) is 10.2 Å². The Morgan fingerprint density at radius 1 is 0.853 bits per heavy atom. The van der Waals surface area contributed by atoms with E-state index in [1.165, 1.54) is 0 Å². The van der Waals surface area contributed by atoms with Crippen LogP contribution in [-0.2, 0) is 16.2 Å². The fourth-order valence-corrected chi connectivity index (χ4v) is 4.05. The fourth-order valence-electron chi connectivity index (χ4n) is 3.86. The van der Waals surface area contributed by atoms with Gasteiger partial charge in [-0.15, -0.1) is 0 Å². The molecule has 2 amide bonds. The molecule has 0 atom stereocenters. The Balaban J connectivity index is 1.17. The second kappa shape index (κ2) is 11.6. The van der Waals surface area contributed by atoms with Crippen molar-refractivity contribution in [3.05, 3.63) is 89.4 Å². The Labute approximate surface area is 205 Å². The molecule has 1 heterocycles. The molecule has 3 aromatic rings. The van der Waals surface area contributed by atoms with Crippen LogP contribution in [0.1, 0.15) is 18.4 Å². The first-order valence-electron chi connectivity index (χ1n) is 11.4. The number of halogens is 1. The van der Waals surface area contributed by atoms with Gasteiger partial charge in [-0.3, -0.25) is 9.59 Å². The van der Waals surface area contributed by atoms with Gasteiger partial charge in [0.15, 0.2) is 0 Å². The molecule has 0 saturated carbocycles. The van der Waals surface area contributed by atoms with E-state index in [9.17, 15) is 9.59 Å². The lowest BCUT2D eigenvalue weighted by molar-refractivity contribution is -0.133. The van der Waals surface area contributed by atoms with Crippen molar-refractivity contribution in [1.29, 1.82) is 0 Å². The molecular weight excluding hydrogens is 450 g/mol. The zero-order valence-corrected chi connectivity index (χ0v) is 19.7. The van der Waals surface area contributed by atoms with Crippen LogP contribution >= 0.6 is 11.6 Å². The third kappa shape index (κ3) is 6.75. The number of nitrogens with one attached hydrogen (secondary N) is 1. The summed E-state index contributed by atoms with van der Waals surface area (Å²) in [6.45, 7) is 3.25. The van der Waals surface area contributed by atoms with Gasteiger partial charge in [0.05, 0.1) is 0 Å². The van der Waals surface area contributed by atoms with Crippen LogP contribution in [-0.4, -0.2) is 42.9 Å². The summed E-state index contributed by atoms with van der Waals surface area (Å²) in [5.41, 5.74) is 2.84. The molecule has 1 saturated heterocycles. The predicted octanol–water partition coefficient (Wildman–Crippen LogP) is 4.99. The minimum absolute atomic E-state index is 0.00514. The van der Waals surface area contributed by atoms with Crippen molar-refractivity contribution in [2.24, 2.45) is 0 Å². The normalized spacial score (nSPS) is 13.4. The molecule has 7 heteroatoms. The summed E-state index contributed by atoms with van der Waals surface area (Å²) in [6.07, 6.45) is 0.348. The number of piperazine rings is 1. The van der Waals surface area contributed by atoms with Crippen LogP contribution in [0.2, 0.25) is 5.02 Å². The molecule has 0 aliphatic carbocycles. The third-order valence-electron chi connectivity index (χ3n) is 5.76. The van der Waals surface area contributed by atoms with Gasteiger partial charge in [0.1, 0.15) is 12.4 Å². The molecule has 3 aromatic carbocycles. The number of ether oxygens (including phenoxy) is 1. The fraction of sp³-hybridized carbons (Fsp3) is 0.259. The maximum absolute atomic E-state index is 12.6. The Morgan fingerprint density at radius 3 is 2.29 bits per heavy atom. The van der Waals surface area contributed by atoms with Gasteiger partial charge in [0, 0.05) is 55.4 Å². The van der Waals surface area contributed by atoms with E-state index < -0.39 is 0 Å². The van der Waals surface area contributed by atoms with E-state index in [1.807, 2.05) is 71.6 Å². The van der Waals surface area contributed by atoms with Gasteiger partial charge in [-0.25, -0.2) is 0 Å². The monoisotopic (exact) mass is 477 g/mol. The summed E-state index contributed by atoms with van der Waals surface area (Å²) in [5, 5.41) is 3.55. The minimum Gasteiger partial charge on any atom is -0.489 e. The van der Waals surface area contributed by atoms with Crippen molar-refractivity contribution in [3.8, 4) is 5.75 Å². The van der Waals surface area contributed by atoms with Crippen LogP contribution in [0.15, 0.2) is 78.9 Å². The Hall–Kier alpha value is -3.51. The van der Waals surface area contributed by atoms with Crippen LogP contribution in [0.3, 0.4) is 0 Å². The first kappa shape index (κ1) is 23.6. The predicted molar refractivity (Wildman–Crippen MR) is 135 cm³/mol. The second-order valence-electron chi connectivity index (χ2n) is 8.19. The number of hydrogen-bond acceptors (Lipinski definition) is 4. The molecule has 176 valence electrons. The molecule has 1 aliphatic heterocycles. The van der Waals surface area contributed by atoms with Crippen LogP contribution in [0.5, 0.6) is 5.75 Å². The topological polar surface area (TPSA) is 61.9 Å². The molecule has 4 rings (SSSR count). The smallest absolute Gasteiger partial charge is 0.224 e. The van der Waals surface area contributed by atoms with Gasteiger partial charge >= 0.3 is 0 Å². The Bertz CT molecular complexity index is 1100. The largest absolute Gasteiger partial charge is 0.489 e. The molecule has 0 spiro atoms. The number of carbonyl (C=O) groups is 2. The molecular formula is C27H28ClN3O3. The maximum atomic E-state index is 12.6. The third-order valence-corrected chi connectivity index (χ3v) is 5.99. The van der Waals surface area contributed by atoms with Crippen molar-refractivity contribution in [2.75, 3.05) is 36.4 Å². The molecule has 1 fully saturated rings. The Kier molecular flexibility index (Phi) is 8.04. The number of carbonyl (C=O) groups excluding carboxylic acids is 2. The Morgan fingerprint density at radius 2 is 1.59 bits per heavy atom. The summed E-state index contributed by atoms with van der Waals surface area (Å²) >= 11 is 6.08. The van der Waals surface area contributed by atoms with Gasteiger partial charge in [-0.2, -0.15) is 0 Å². The van der Waals surface area contributed by atoms with E-state index in [1.54, 1.807) is 12.1 Å². The lowest BCUT2D eigenvalue weighted by Crippen LogP contribution is -2.48. The highest BCUT2D eigenvalue weighted by Crippen LogP contribution is 2.21. The van der Waals surface area contributed by atoms with E-state index >= 15 is 0 Å². The number of amides is 2. The van der Waals surface area contributed by atoms with Crippen LogP contribution < -0.4 is 15.0 Å². The summed E-state index contributed by atoms with van der Waals surface area (Å²) in [5.74, 6) is 0.559. The molecule has 0 radical (unpaired) electrons. The summed E-state index contributed by atoms with van der Waals surface area (Å²) in [6, 6.07) is 24.9. The molecule has 34 heavy (non-hydrogen) atoms. The standard InChI is InChI=1S/C27H28ClN3O3/c28-22-7-4-8-24(19-22)30-15-17-31(18-16-30)27(33)14-13-26(32)29-23-9-11-25(12-10-23)34-20-21-5-2-1-3-6-21/h1-12,19H,13-18,20H2,(H,29,32). The van der Waals surface area contributed by atoms with Crippen molar-refractivity contribution in [2.45, 2.75) is 19.4 Å². The van der Waals surface area contributed by atoms with Gasteiger partial charge in [-0.05, 0) is 48.0 Å². The molecule has 1 aliphatic rings. The molecule has 0 bridgehead atoms. The second-order valence-corrected chi connectivity index (χ2v) is 8.63. The van der Waals surface area contributed by atoms with Gasteiger partial charge in [0.2, 0.25) is 11.8 Å². The first-order chi connectivity index (χ1) is 16.6. The van der Waals surface area contributed by atoms with E-state index in [4.69, 9.17) is 16.3 Å². The average Bonchev–Trinajstić information content (AvgIpc) is 2.87. The highest BCUT2D eigenvalue weighted by Gasteiger charge is 2.21. The van der Waals surface area contributed by atoms with E-state index in [0.29, 0.717) is 30.4 Å². The van der Waals surface area contributed by atoms with Crippen molar-refractivity contribution < 1.29 is 14.3 Å². The lowest BCUT2D eigenvalue weighted by Gasteiger charge is -2.36. The van der Waals surface area contributed by atoms with Crippen molar-refractivity contribution in [1.82, 2.24) is 4.90 Å². The van der Waals surface area contributed by atoms with Gasteiger partial charge in [-0.1, -0.05) is 48.0 Å². The number of hydrogen-bond donors (Lipinski definition) is 1. The minimum atomic E-state index is -0.177. The maximum Gasteiger partial charge on any atom is 0.224 e. The average molecular weight is 478 g/mol. The van der Waals surface area contributed by atoms with E-state index in [-0.39, 0.29) is 24.7 Å². The molecule has 6 nitrogen and oxygen atoms in total. The summed E-state index contributed by atoms with van der Waals surface area (Å²) < 4.78 is 5.77. The van der Waals surface area contributed by atoms with Crippen LogP contribution in [0, 0.1) is 0 Å². The molecule has 0 unspecified atom stereocenters.